The van der Waals surface area contributed by atoms with Crippen molar-refractivity contribution in [3.05, 3.63) is 58.0 Å². The van der Waals surface area contributed by atoms with E-state index in [4.69, 9.17) is 37.5 Å². The van der Waals surface area contributed by atoms with Crippen LogP contribution in [0.5, 0.6) is 0 Å². The summed E-state index contributed by atoms with van der Waals surface area (Å²) in [6.07, 6.45) is 3.15. The van der Waals surface area contributed by atoms with Crippen LogP contribution < -0.4 is 5.32 Å². The number of carboxylic acids is 1. The van der Waals surface area contributed by atoms with Gasteiger partial charge in [0.2, 0.25) is 0 Å². The highest BCUT2D eigenvalue weighted by atomic mass is 35.5. The summed E-state index contributed by atoms with van der Waals surface area (Å²) in [5, 5.41) is 22.7. The predicted octanol–water partition coefficient (Wildman–Crippen LogP) is 4.15. The van der Waals surface area contributed by atoms with E-state index in [2.05, 4.69) is 17.2 Å². The first-order valence-electron chi connectivity index (χ1n) is 10.6. The Morgan fingerprint density at radius 1 is 1.18 bits per heavy atom. The highest BCUT2D eigenvalue weighted by molar-refractivity contribution is 6.30. The second-order valence-electron chi connectivity index (χ2n) is 8.06. The van der Waals surface area contributed by atoms with Gasteiger partial charge in [0.25, 0.3) is 5.91 Å². The third-order valence-corrected chi connectivity index (χ3v) is 5.84. The molecule has 0 radical (unpaired) electrons. The lowest BCUT2D eigenvalue weighted by Gasteiger charge is -2.33. The Hall–Kier alpha value is -2.50. The number of nitrogens with one attached hydrogen (secondary N) is 1. The summed E-state index contributed by atoms with van der Waals surface area (Å²) < 4.78 is 9.94. The number of ether oxygens (including phenoxy) is 1. The van der Waals surface area contributed by atoms with Gasteiger partial charge in [-0.1, -0.05) is 29.5 Å². The van der Waals surface area contributed by atoms with Gasteiger partial charge in [0.15, 0.2) is 11.0 Å². The molecule has 1 aliphatic heterocycles. The fourth-order valence-electron chi connectivity index (χ4n) is 3.67. The lowest BCUT2D eigenvalue weighted by atomic mass is 9.82. The molecule has 0 spiro atoms. The van der Waals surface area contributed by atoms with Gasteiger partial charge in [-0.05, 0) is 67.6 Å². The summed E-state index contributed by atoms with van der Waals surface area (Å²) in [7, 11) is 0. The fourth-order valence-corrected chi connectivity index (χ4v) is 4.00. The third-order valence-electron chi connectivity index (χ3n) is 5.40. The molecular weight excluding hydrogens is 469 g/mol. The van der Waals surface area contributed by atoms with Crippen molar-refractivity contribution in [1.29, 1.82) is 0 Å². The summed E-state index contributed by atoms with van der Waals surface area (Å²) >= 11 is 11.6. The number of halogens is 2. The molecule has 0 unspecified atom stereocenters. The van der Waals surface area contributed by atoms with Crippen molar-refractivity contribution >= 4 is 35.1 Å². The molecule has 4 rings (SSSR count). The van der Waals surface area contributed by atoms with Gasteiger partial charge in [-0.15, -0.1) is 0 Å². The molecule has 2 fully saturated rings. The molecule has 3 N–H and O–H groups in total. The van der Waals surface area contributed by atoms with E-state index in [-0.39, 0.29) is 28.8 Å². The fraction of sp³-hybridized carbons (Fsp3) is 0.417. The molecule has 0 bridgehead atoms. The van der Waals surface area contributed by atoms with Gasteiger partial charge < -0.3 is 24.7 Å². The summed E-state index contributed by atoms with van der Waals surface area (Å²) in [5.41, 5.74) is -0.392. The highest BCUT2D eigenvalue weighted by Gasteiger charge is 2.34. The van der Waals surface area contributed by atoms with Crippen LogP contribution in [0.3, 0.4) is 0 Å². The van der Waals surface area contributed by atoms with Crippen molar-refractivity contribution in [3.8, 4) is 11.8 Å². The Balaban J connectivity index is 0.000000323. The monoisotopic (exact) mass is 493 g/mol. The van der Waals surface area contributed by atoms with E-state index in [0.29, 0.717) is 37.5 Å². The summed E-state index contributed by atoms with van der Waals surface area (Å²) in [6, 6.07) is 10.0. The first-order valence-corrected chi connectivity index (χ1v) is 11.4. The van der Waals surface area contributed by atoms with E-state index in [9.17, 15) is 14.7 Å². The van der Waals surface area contributed by atoms with Crippen LogP contribution in [0.25, 0.3) is 0 Å². The number of aliphatic hydroxyl groups is 1. The number of amides is 1. The van der Waals surface area contributed by atoms with Crippen LogP contribution in [-0.2, 0) is 9.53 Å². The van der Waals surface area contributed by atoms with Crippen molar-refractivity contribution in [2.75, 3.05) is 13.2 Å². The van der Waals surface area contributed by atoms with Gasteiger partial charge in [-0.2, -0.15) is 0 Å². The maximum Gasteiger partial charge on any atom is 0.308 e. The summed E-state index contributed by atoms with van der Waals surface area (Å²) in [5.74, 6) is 4.75. The molecule has 1 saturated heterocycles. The van der Waals surface area contributed by atoms with Crippen LogP contribution in [0, 0.1) is 17.8 Å². The second-order valence-corrected chi connectivity index (χ2v) is 8.87. The minimum atomic E-state index is -1.14. The quantitative estimate of drug-likeness (QED) is 0.554. The number of carbonyl (C=O) groups excluding carboxylic acids is 1. The van der Waals surface area contributed by atoms with E-state index in [1.54, 1.807) is 12.1 Å². The topological polar surface area (TPSA) is 109 Å². The number of furan rings is 1. The van der Waals surface area contributed by atoms with Gasteiger partial charge in [0.05, 0.1) is 12.5 Å². The number of rotatable bonds is 3. The zero-order valence-corrected chi connectivity index (χ0v) is 19.4. The SMILES string of the molecule is O=C(N[C@H]1CCC[C@@](O)(C#Cc2cccc(Cl)c2)C1)c1ccc(Cl)o1.O=C(O)[C@H]1CCOC1. The van der Waals surface area contributed by atoms with Gasteiger partial charge in [-0.3, -0.25) is 9.59 Å². The number of hydrogen-bond acceptors (Lipinski definition) is 5. The average molecular weight is 494 g/mol. The molecule has 7 nitrogen and oxygen atoms in total. The van der Waals surface area contributed by atoms with E-state index < -0.39 is 11.6 Å². The molecule has 1 aliphatic carbocycles. The minimum absolute atomic E-state index is 0.157. The van der Waals surface area contributed by atoms with E-state index in [0.717, 1.165) is 18.4 Å². The van der Waals surface area contributed by atoms with Crippen molar-refractivity contribution in [2.24, 2.45) is 5.92 Å². The van der Waals surface area contributed by atoms with E-state index in [1.165, 1.54) is 12.1 Å². The van der Waals surface area contributed by atoms with E-state index in [1.807, 2.05) is 12.1 Å². The van der Waals surface area contributed by atoms with Crippen molar-refractivity contribution in [1.82, 2.24) is 5.32 Å². The van der Waals surface area contributed by atoms with Crippen LogP contribution in [0.15, 0.2) is 40.8 Å². The lowest BCUT2D eigenvalue weighted by molar-refractivity contribution is -0.141. The molecule has 1 amide bonds. The molecule has 176 valence electrons. The zero-order valence-electron chi connectivity index (χ0n) is 17.9. The van der Waals surface area contributed by atoms with Gasteiger partial charge in [0.1, 0.15) is 5.60 Å². The number of benzene rings is 1. The predicted molar refractivity (Wildman–Crippen MR) is 123 cm³/mol. The average Bonchev–Trinajstić information content (AvgIpc) is 3.45. The maximum atomic E-state index is 12.2. The molecule has 3 atom stereocenters. The van der Waals surface area contributed by atoms with Crippen molar-refractivity contribution < 1.29 is 29.0 Å². The zero-order chi connectivity index (χ0) is 23.8. The first kappa shape index (κ1) is 25.1. The Morgan fingerprint density at radius 3 is 2.61 bits per heavy atom. The molecule has 2 aliphatic rings. The maximum absolute atomic E-state index is 12.2. The summed E-state index contributed by atoms with van der Waals surface area (Å²) in [4.78, 5) is 22.3. The number of hydrogen-bond donors (Lipinski definition) is 3. The summed E-state index contributed by atoms with van der Waals surface area (Å²) in [6.45, 7) is 1.01. The number of carboxylic acid groups (broad SMARTS) is 1. The lowest BCUT2D eigenvalue weighted by Crippen LogP contribution is -2.45. The van der Waals surface area contributed by atoms with Crippen LogP contribution in [0.4, 0.5) is 0 Å². The van der Waals surface area contributed by atoms with Crippen LogP contribution in [0.2, 0.25) is 10.2 Å². The molecule has 1 aromatic carbocycles. The van der Waals surface area contributed by atoms with Crippen LogP contribution in [-0.4, -0.2) is 46.9 Å². The second kappa shape index (κ2) is 11.6. The Kier molecular flexibility index (Phi) is 8.81. The van der Waals surface area contributed by atoms with Crippen LogP contribution in [0.1, 0.15) is 48.2 Å². The third kappa shape index (κ3) is 7.79. The van der Waals surface area contributed by atoms with Crippen molar-refractivity contribution in [3.63, 3.8) is 0 Å². The Morgan fingerprint density at radius 2 is 2.00 bits per heavy atom. The Labute approximate surface area is 202 Å². The molecule has 9 heteroatoms. The molecule has 33 heavy (non-hydrogen) atoms. The van der Waals surface area contributed by atoms with Crippen LogP contribution >= 0.6 is 23.2 Å². The first-order chi connectivity index (χ1) is 15.7. The molecule has 2 heterocycles. The largest absolute Gasteiger partial charge is 0.481 e. The van der Waals surface area contributed by atoms with Gasteiger partial charge in [0, 0.05) is 29.7 Å². The van der Waals surface area contributed by atoms with Gasteiger partial charge in [-0.25, -0.2) is 0 Å². The molecule has 1 aromatic heterocycles. The number of carbonyl (C=O) groups is 2. The van der Waals surface area contributed by atoms with Crippen molar-refractivity contribution in [2.45, 2.75) is 43.7 Å². The van der Waals surface area contributed by atoms with E-state index >= 15 is 0 Å². The highest BCUT2D eigenvalue weighted by Crippen LogP contribution is 2.28. The molecule has 1 saturated carbocycles. The smallest absolute Gasteiger partial charge is 0.308 e. The Bertz CT molecular complexity index is 1040. The van der Waals surface area contributed by atoms with Gasteiger partial charge >= 0.3 is 5.97 Å². The number of aliphatic carboxylic acids is 1. The minimum Gasteiger partial charge on any atom is -0.481 e. The normalized spacial score (nSPS) is 24.1. The standard InChI is InChI=1S/C19H17Cl2NO3.C5H8O3/c20-14-4-1-3-13(11-14)8-10-19(24)9-2-5-15(12-19)22-18(23)16-6-7-17(21)25-16;6-5(7)4-1-2-8-3-4/h1,3-4,6-7,11,15,24H,2,5,9,12H2,(H,22,23);4H,1-3H2,(H,6,7)/t15-,19+;4-/m00/s1. The molecular formula is C24H25Cl2NO6. The molecule has 2 aromatic rings.